The highest BCUT2D eigenvalue weighted by Gasteiger charge is 2.17. The summed E-state index contributed by atoms with van der Waals surface area (Å²) in [7, 11) is 2.18. The van der Waals surface area contributed by atoms with Gasteiger partial charge in [0.25, 0.3) is 0 Å². The zero-order chi connectivity index (χ0) is 14.7. The molecule has 2 aromatic rings. The van der Waals surface area contributed by atoms with Gasteiger partial charge in [-0.1, -0.05) is 11.6 Å². The fourth-order valence-electron chi connectivity index (χ4n) is 2.70. The van der Waals surface area contributed by atoms with Crippen LogP contribution in [0.25, 0.3) is 5.69 Å². The van der Waals surface area contributed by atoms with Crippen LogP contribution in [0.2, 0.25) is 5.02 Å². The summed E-state index contributed by atoms with van der Waals surface area (Å²) in [5.41, 5.74) is 1.98. The minimum Gasteiger partial charge on any atom is -0.383 e. The molecule has 0 atom stereocenters. The predicted octanol–water partition coefficient (Wildman–Crippen LogP) is 2.67. The lowest BCUT2D eigenvalue weighted by molar-refractivity contribution is 0.226. The second-order valence-electron chi connectivity index (χ2n) is 5.63. The topological polar surface area (TPSA) is 46.0 Å². The molecule has 1 fully saturated rings. The number of piperidine rings is 1. The first-order valence-electron chi connectivity index (χ1n) is 7.29. The maximum atomic E-state index is 6.13. The van der Waals surface area contributed by atoms with Crippen molar-refractivity contribution in [2.75, 3.05) is 32.0 Å². The van der Waals surface area contributed by atoms with Crippen molar-refractivity contribution in [3.63, 3.8) is 0 Å². The number of benzene rings is 1. The van der Waals surface area contributed by atoms with Crippen molar-refractivity contribution in [3.05, 3.63) is 35.9 Å². The molecule has 1 saturated heterocycles. The molecule has 1 aliphatic rings. The Bertz CT molecular complexity index is 576. The Morgan fingerprint density at radius 3 is 2.86 bits per heavy atom. The zero-order valence-electron chi connectivity index (χ0n) is 12.2. The van der Waals surface area contributed by atoms with E-state index in [0.717, 1.165) is 22.9 Å². The number of hydrogen-bond acceptors (Lipinski definition) is 4. The van der Waals surface area contributed by atoms with Gasteiger partial charge in [-0.05, 0) is 57.1 Å². The smallest absolute Gasteiger partial charge is 0.138 e. The molecule has 0 amide bonds. The SMILES string of the molecule is CN1CCC(CNc2cc(Cl)ccc2-n2cncn2)CC1. The molecular formula is C15H20ClN5. The van der Waals surface area contributed by atoms with E-state index in [0.29, 0.717) is 5.92 Å². The van der Waals surface area contributed by atoms with Gasteiger partial charge in [0, 0.05) is 11.6 Å². The Kier molecular flexibility index (Phi) is 4.41. The summed E-state index contributed by atoms with van der Waals surface area (Å²) in [6, 6.07) is 5.79. The number of likely N-dealkylation sites (tertiary alicyclic amines) is 1. The Morgan fingerprint density at radius 1 is 1.33 bits per heavy atom. The van der Waals surface area contributed by atoms with Crippen LogP contribution in [0, 0.1) is 5.92 Å². The quantitative estimate of drug-likeness (QED) is 0.943. The van der Waals surface area contributed by atoms with Gasteiger partial charge < -0.3 is 10.2 Å². The molecule has 0 radical (unpaired) electrons. The lowest BCUT2D eigenvalue weighted by atomic mass is 9.97. The van der Waals surface area contributed by atoms with Gasteiger partial charge in [-0.25, -0.2) is 9.67 Å². The predicted molar refractivity (Wildman–Crippen MR) is 85.1 cm³/mol. The van der Waals surface area contributed by atoms with Gasteiger partial charge in [0.1, 0.15) is 12.7 Å². The molecule has 2 heterocycles. The highest BCUT2D eigenvalue weighted by Crippen LogP contribution is 2.25. The monoisotopic (exact) mass is 305 g/mol. The van der Waals surface area contributed by atoms with Crippen LogP contribution in [0.5, 0.6) is 0 Å². The standard InChI is InChI=1S/C15H20ClN5/c1-20-6-4-12(5-7-20)9-18-14-8-13(16)2-3-15(14)21-11-17-10-19-21/h2-3,8,10-12,18H,4-7,9H2,1H3. The van der Waals surface area contributed by atoms with Crippen molar-refractivity contribution in [2.45, 2.75) is 12.8 Å². The molecule has 0 saturated carbocycles. The van der Waals surface area contributed by atoms with Gasteiger partial charge in [0.05, 0.1) is 11.4 Å². The molecule has 21 heavy (non-hydrogen) atoms. The van der Waals surface area contributed by atoms with Crippen LogP contribution in [0.3, 0.4) is 0 Å². The lowest BCUT2D eigenvalue weighted by Gasteiger charge is -2.29. The van der Waals surface area contributed by atoms with E-state index in [2.05, 4.69) is 27.3 Å². The summed E-state index contributed by atoms with van der Waals surface area (Å²) in [4.78, 5) is 6.39. The van der Waals surface area contributed by atoms with Gasteiger partial charge in [-0.15, -0.1) is 0 Å². The molecule has 3 rings (SSSR count). The van der Waals surface area contributed by atoms with E-state index in [-0.39, 0.29) is 0 Å². The third kappa shape index (κ3) is 3.54. The van der Waals surface area contributed by atoms with Gasteiger partial charge in [-0.2, -0.15) is 5.10 Å². The van der Waals surface area contributed by atoms with Crippen LogP contribution < -0.4 is 5.32 Å². The highest BCUT2D eigenvalue weighted by atomic mass is 35.5. The Labute approximate surface area is 129 Å². The van der Waals surface area contributed by atoms with Crippen LogP contribution >= 0.6 is 11.6 Å². The third-order valence-electron chi connectivity index (χ3n) is 4.04. The average molecular weight is 306 g/mol. The number of halogens is 1. The summed E-state index contributed by atoms with van der Waals surface area (Å²) in [5.74, 6) is 0.712. The van der Waals surface area contributed by atoms with Crippen molar-refractivity contribution in [1.29, 1.82) is 0 Å². The van der Waals surface area contributed by atoms with Gasteiger partial charge in [0.15, 0.2) is 0 Å². The molecule has 0 bridgehead atoms. The average Bonchev–Trinajstić information content (AvgIpc) is 3.01. The van der Waals surface area contributed by atoms with Crippen LogP contribution in [-0.2, 0) is 0 Å². The molecule has 6 heteroatoms. The minimum atomic E-state index is 0.712. The first kappa shape index (κ1) is 14.4. The summed E-state index contributed by atoms with van der Waals surface area (Å²) in [5, 5.41) is 8.46. The third-order valence-corrected chi connectivity index (χ3v) is 4.28. The van der Waals surface area contributed by atoms with Crippen LogP contribution in [0.4, 0.5) is 5.69 Å². The fourth-order valence-corrected chi connectivity index (χ4v) is 2.87. The number of nitrogens with one attached hydrogen (secondary N) is 1. The Balaban J connectivity index is 1.71. The second-order valence-corrected chi connectivity index (χ2v) is 6.07. The summed E-state index contributed by atoms with van der Waals surface area (Å²) >= 11 is 6.13. The van der Waals surface area contributed by atoms with Crippen LogP contribution in [0.1, 0.15) is 12.8 Å². The number of rotatable bonds is 4. The zero-order valence-corrected chi connectivity index (χ0v) is 12.9. The lowest BCUT2D eigenvalue weighted by Crippen LogP contribution is -2.33. The van der Waals surface area contributed by atoms with Gasteiger partial charge in [-0.3, -0.25) is 0 Å². The summed E-state index contributed by atoms with van der Waals surface area (Å²) in [6.07, 6.45) is 5.71. The molecule has 1 aliphatic heterocycles. The number of aromatic nitrogens is 3. The largest absolute Gasteiger partial charge is 0.383 e. The summed E-state index contributed by atoms with van der Waals surface area (Å²) in [6.45, 7) is 3.32. The van der Waals surface area contributed by atoms with Crippen molar-refractivity contribution in [2.24, 2.45) is 5.92 Å². The van der Waals surface area contributed by atoms with Gasteiger partial charge >= 0.3 is 0 Å². The molecule has 1 aromatic heterocycles. The van der Waals surface area contributed by atoms with E-state index in [4.69, 9.17) is 11.6 Å². The van der Waals surface area contributed by atoms with Crippen molar-refractivity contribution < 1.29 is 0 Å². The summed E-state index contributed by atoms with van der Waals surface area (Å²) < 4.78 is 1.76. The van der Waals surface area contributed by atoms with Crippen LogP contribution in [-0.4, -0.2) is 46.3 Å². The van der Waals surface area contributed by atoms with E-state index < -0.39 is 0 Å². The van der Waals surface area contributed by atoms with Crippen LogP contribution in [0.15, 0.2) is 30.9 Å². The Hall–Kier alpha value is -1.59. The molecular weight excluding hydrogens is 286 g/mol. The number of anilines is 1. The molecule has 5 nitrogen and oxygen atoms in total. The van der Waals surface area contributed by atoms with Crippen molar-refractivity contribution in [1.82, 2.24) is 19.7 Å². The number of hydrogen-bond donors (Lipinski definition) is 1. The fraction of sp³-hybridized carbons (Fsp3) is 0.467. The molecule has 0 unspecified atom stereocenters. The maximum absolute atomic E-state index is 6.13. The highest BCUT2D eigenvalue weighted by molar-refractivity contribution is 6.31. The van der Waals surface area contributed by atoms with E-state index in [1.54, 1.807) is 11.0 Å². The molecule has 0 spiro atoms. The molecule has 1 N–H and O–H groups in total. The second kappa shape index (κ2) is 6.45. The minimum absolute atomic E-state index is 0.712. The first-order chi connectivity index (χ1) is 10.2. The Morgan fingerprint density at radius 2 is 2.14 bits per heavy atom. The van der Waals surface area contributed by atoms with E-state index >= 15 is 0 Å². The van der Waals surface area contributed by atoms with E-state index in [1.807, 2.05) is 18.2 Å². The first-order valence-corrected chi connectivity index (χ1v) is 7.67. The van der Waals surface area contributed by atoms with Gasteiger partial charge in [0.2, 0.25) is 0 Å². The molecule has 0 aliphatic carbocycles. The normalized spacial score (nSPS) is 17.0. The van der Waals surface area contributed by atoms with Crippen molar-refractivity contribution in [3.8, 4) is 5.69 Å². The maximum Gasteiger partial charge on any atom is 0.138 e. The van der Waals surface area contributed by atoms with E-state index in [1.165, 1.54) is 32.3 Å². The van der Waals surface area contributed by atoms with E-state index in [9.17, 15) is 0 Å². The van der Waals surface area contributed by atoms with Crippen molar-refractivity contribution >= 4 is 17.3 Å². The molecule has 1 aromatic carbocycles. The molecule has 112 valence electrons. The number of nitrogens with zero attached hydrogens (tertiary/aromatic N) is 4.